The second kappa shape index (κ2) is 8.18. The van der Waals surface area contributed by atoms with Crippen LogP contribution in [0.5, 0.6) is 17.2 Å². The minimum atomic E-state index is 0.523. The summed E-state index contributed by atoms with van der Waals surface area (Å²) in [5.74, 6) is 1.94. The molecule has 0 radical (unpaired) electrons. The van der Waals surface area contributed by atoms with Crippen molar-refractivity contribution in [2.45, 2.75) is 13.5 Å². The molecule has 0 amide bonds. The summed E-state index contributed by atoms with van der Waals surface area (Å²) >= 11 is 12.3. The molecule has 0 unspecified atom stereocenters. The van der Waals surface area contributed by atoms with Crippen LogP contribution < -0.4 is 19.5 Å². The van der Waals surface area contributed by atoms with E-state index in [0.717, 1.165) is 11.3 Å². The summed E-state index contributed by atoms with van der Waals surface area (Å²) in [7, 11) is 3.18. The zero-order chi connectivity index (χ0) is 16.8. The van der Waals surface area contributed by atoms with Crippen LogP contribution in [0.4, 0.5) is 5.69 Å². The van der Waals surface area contributed by atoms with Gasteiger partial charge in [-0.1, -0.05) is 23.2 Å². The third-order valence-electron chi connectivity index (χ3n) is 3.24. The van der Waals surface area contributed by atoms with E-state index < -0.39 is 0 Å². The van der Waals surface area contributed by atoms with Crippen molar-refractivity contribution in [1.29, 1.82) is 0 Å². The topological polar surface area (TPSA) is 39.7 Å². The van der Waals surface area contributed by atoms with Gasteiger partial charge in [0.05, 0.1) is 25.8 Å². The maximum absolute atomic E-state index is 6.15. The highest BCUT2D eigenvalue weighted by atomic mass is 35.5. The molecule has 0 atom stereocenters. The summed E-state index contributed by atoms with van der Waals surface area (Å²) in [4.78, 5) is 0. The highest BCUT2D eigenvalue weighted by molar-refractivity contribution is 6.32. The Bertz CT molecular complexity index is 677. The summed E-state index contributed by atoms with van der Waals surface area (Å²) in [6, 6.07) is 9.11. The second-order valence-electron chi connectivity index (χ2n) is 4.73. The van der Waals surface area contributed by atoms with Crippen LogP contribution in [-0.4, -0.2) is 20.8 Å². The van der Waals surface area contributed by atoms with Gasteiger partial charge in [0.1, 0.15) is 5.75 Å². The zero-order valence-corrected chi connectivity index (χ0v) is 14.8. The van der Waals surface area contributed by atoms with Gasteiger partial charge in [0, 0.05) is 28.9 Å². The maximum atomic E-state index is 6.15. The van der Waals surface area contributed by atoms with Crippen molar-refractivity contribution in [1.82, 2.24) is 0 Å². The summed E-state index contributed by atoms with van der Waals surface area (Å²) in [5, 5.41) is 4.44. The molecule has 0 fully saturated rings. The highest BCUT2D eigenvalue weighted by Gasteiger charge is 2.13. The van der Waals surface area contributed by atoms with Crippen molar-refractivity contribution in [3.63, 3.8) is 0 Å². The minimum absolute atomic E-state index is 0.523. The normalized spacial score (nSPS) is 10.3. The van der Waals surface area contributed by atoms with E-state index in [-0.39, 0.29) is 0 Å². The maximum Gasteiger partial charge on any atom is 0.166 e. The number of rotatable bonds is 7. The molecule has 0 bridgehead atoms. The molecule has 2 aromatic rings. The first-order chi connectivity index (χ1) is 11.1. The molecular formula is C17H19Cl2NO3. The Hall–Kier alpha value is -1.78. The van der Waals surface area contributed by atoms with E-state index in [1.165, 1.54) is 0 Å². The van der Waals surface area contributed by atoms with Crippen LogP contribution in [0.25, 0.3) is 0 Å². The standard InChI is InChI=1S/C17H19Cl2NO3/c1-4-23-17-11(7-12(18)8-16(17)22-3)10-20-13-5-6-15(21-2)14(19)9-13/h5-9,20H,4,10H2,1-3H3. The van der Waals surface area contributed by atoms with Gasteiger partial charge in [-0.2, -0.15) is 0 Å². The lowest BCUT2D eigenvalue weighted by molar-refractivity contribution is 0.308. The van der Waals surface area contributed by atoms with Gasteiger partial charge in [-0.3, -0.25) is 0 Å². The zero-order valence-electron chi connectivity index (χ0n) is 13.3. The quantitative estimate of drug-likeness (QED) is 0.756. The van der Waals surface area contributed by atoms with E-state index in [1.54, 1.807) is 20.3 Å². The molecule has 4 nitrogen and oxygen atoms in total. The van der Waals surface area contributed by atoms with E-state index in [2.05, 4.69) is 5.32 Å². The first-order valence-electron chi connectivity index (χ1n) is 7.15. The number of anilines is 1. The first kappa shape index (κ1) is 17.6. The Balaban J connectivity index is 2.22. The Morgan fingerprint density at radius 2 is 1.74 bits per heavy atom. The molecule has 0 saturated heterocycles. The molecule has 0 aliphatic rings. The monoisotopic (exact) mass is 355 g/mol. The van der Waals surface area contributed by atoms with Crippen LogP contribution >= 0.6 is 23.2 Å². The number of methoxy groups -OCH3 is 2. The van der Waals surface area contributed by atoms with E-state index in [4.69, 9.17) is 37.4 Å². The van der Waals surface area contributed by atoms with E-state index in [1.807, 2.05) is 31.2 Å². The molecule has 0 spiro atoms. The molecule has 2 rings (SSSR count). The third kappa shape index (κ3) is 4.36. The molecule has 6 heteroatoms. The SMILES string of the molecule is CCOc1c(CNc2ccc(OC)c(Cl)c2)cc(Cl)cc1OC. The molecule has 124 valence electrons. The lowest BCUT2D eigenvalue weighted by Crippen LogP contribution is -2.05. The molecule has 0 aliphatic carbocycles. The fourth-order valence-electron chi connectivity index (χ4n) is 2.19. The summed E-state index contributed by atoms with van der Waals surface area (Å²) < 4.78 is 16.2. The highest BCUT2D eigenvalue weighted by Crippen LogP contribution is 2.35. The predicted molar refractivity (Wildman–Crippen MR) is 94.5 cm³/mol. The summed E-state index contributed by atoms with van der Waals surface area (Å²) in [6.07, 6.45) is 0. The number of nitrogens with one attached hydrogen (secondary N) is 1. The molecule has 0 aromatic heterocycles. The summed E-state index contributed by atoms with van der Waals surface area (Å²) in [6.45, 7) is 2.99. The van der Waals surface area contributed by atoms with Crippen molar-refractivity contribution in [3.8, 4) is 17.2 Å². The first-order valence-corrected chi connectivity index (χ1v) is 7.91. The fraction of sp³-hybridized carbons (Fsp3) is 0.294. The number of ether oxygens (including phenoxy) is 3. The van der Waals surface area contributed by atoms with Crippen LogP contribution in [0, 0.1) is 0 Å². The second-order valence-corrected chi connectivity index (χ2v) is 5.58. The van der Waals surface area contributed by atoms with E-state index in [9.17, 15) is 0 Å². The third-order valence-corrected chi connectivity index (χ3v) is 3.75. The Kier molecular flexibility index (Phi) is 6.25. The smallest absolute Gasteiger partial charge is 0.166 e. The van der Waals surface area contributed by atoms with Crippen molar-refractivity contribution < 1.29 is 14.2 Å². The molecule has 1 N–H and O–H groups in total. The summed E-state index contributed by atoms with van der Waals surface area (Å²) in [5.41, 5.74) is 1.78. The van der Waals surface area contributed by atoms with Crippen molar-refractivity contribution in [3.05, 3.63) is 45.9 Å². The minimum Gasteiger partial charge on any atom is -0.495 e. The van der Waals surface area contributed by atoms with Gasteiger partial charge in [-0.25, -0.2) is 0 Å². The predicted octanol–water partition coefficient (Wildman–Crippen LogP) is 5.02. The van der Waals surface area contributed by atoms with Gasteiger partial charge < -0.3 is 19.5 Å². The molecule has 23 heavy (non-hydrogen) atoms. The van der Waals surface area contributed by atoms with Crippen LogP contribution in [0.1, 0.15) is 12.5 Å². The van der Waals surface area contributed by atoms with Crippen LogP contribution in [-0.2, 0) is 6.54 Å². The molecular weight excluding hydrogens is 337 g/mol. The molecule has 0 aliphatic heterocycles. The van der Waals surface area contributed by atoms with Gasteiger partial charge in [-0.05, 0) is 31.2 Å². The number of benzene rings is 2. The Morgan fingerprint density at radius 3 is 2.35 bits per heavy atom. The molecule has 0 saturated carbocycles. The number of hydrogen-bond acceptors (Lipinski definition) is 4. The molecule has 2 aromatic carbocycles. The van der Waals surface area contributed by atoms with Gasteiger partial charge in [0.2, 0.25) is 0 Å². The number of hydrogen-bond donors (Lipinski definition) is 1. The van der Waals surface area contributed by atoms with Crippen LogP contribution in [0.15, 0.2) is 30.3 Å². The Morgan fingerprint density at radius 1 is 1.00 bits per heavy atom. The van der Waals surface area contributed by atoms with Crippen molar-refractivity contribution >= 4 is 28.9 Å². The van der Waals surface area contributed by atoms with Gasteiger partial charge >= 0.3 is 0 Å². The number of halogens is 2. The van der Waals surface area contributed by atoms with Gasteiger partial charge in [0.25, 0.3) is 0 Å². The molecule has 0 heterocycles. The van der Waals surface area contributed by atoms with Crippen LogP contribution in [0.2, 0.25) is 10.0 Å². The lowest BCUT2D eigenvalue weighted by Gasteiger charge is -2.16. The van der Waals surface area contributed by atoms with E-state index in [0.29, 0.717) is 40.4 Å². The van der Waals surface area contributed by atoms with Gasteiger partial charge in [-0.15, -0.1) is 0 Å². The van der Waals surface area contributed by atoms with Crippen LogP contribution in [0.3, 0.4) is 0 Å². The van der Waals surface area contributed by atoms with Crippen molar-refractivity contribution in [2.75, 3.05) is 26.1 Å². The van der Waals surface area contributed by atoms with Crippen molar-refractivity contribution in [2.24, 2.45) is 0 Å². The lowest BCUT2D eigenvalue weighted by atomic mass is 10.1. The Labute approximate surface area is 146 Å². The van der Waals surface area contributed by atoms with E-state index >= 15 is 0 Å². The largest absolute Gasteiger partial charge is 0.495 e. The average molecular weight is 356 g/mol. The van der Waals surface area contributed by atoms with Gasteiger partial charge in [0.15, 0.2) is 11.5 Å². The average Bonchev–Trinajstić information content (AvgIpc) is 2.54. The fourth-order valence-corrected chi connectivity index (χ4v) is 2.68.